The highest BCUT2D eigenvalue weighted by Crippen LogP contribution is 2.38. The number of benzene rings is 2. The third-order valence-electron chi connectivity index (χ3n) is 4.30. The van der Waals surface area contributed by atoms with Crippen molar-refractivity contribution in [3.8, 4) is 11.5 Å². The lowest BCUT2D eigenvalue weighted by Gasteiger charge is -2.12. The van der Waals surface area contributed by atoms with Gasteiger partial charge in [0.2, 0.25) is 5.75 Å². The van der Waals surface area contributed by atoms with Crippen molar-refractivity contribution in [3.63, 3.8) is 0 Å². The summed E-state index contributed by atoms with van der Waals surface area (Å²) in [6, 6.07) is 8.55. The lowest BCUT2D eigenvalue weighted by molar-refractivity contribution is -0.386. The highest BCUT2D eigenvalue weighted by Gasteiger charge is 2.22. The van der Waals surface area contributed by atoms with Crippen molar-refractivity contribution in [2.24, 2.45) is 5.10 Å². The van der Waals surface area contributed by atoms with Crippen molar-refractivity contribution >= 4 is 29.2 Å². The third kappa shape index (κ3) is 6.64. The molecule has 0 saturated carbocycles. The molecule has 7 nitrogen and oxygen atoms in total. The molecule has 8 heteroatoms. The quantitative estimate of drug-likeness (QED) is 0.210. The van der Waals surface area contributed by atoms with E-state index in [-0.39, 0.29) is 11.4 Å². The molecule has 1 N–H and O–H groups in total. The van der Waals surface area contributed by atoms with Crippen LogP contribution in [0.4, 0.5) is 11.4 Å². The molecule has 0 atom stereocenters. The SMILES string of the molecule is CCCCCCOc1c(OC)cc(/C=N/Nc2ccc(C)c(Cl)c2)cc1[N+](=O)[O-]. The molecule has 29 heavy (non-hydrogen) atoms. The fourth-order valence-electron chi connectivity index (χ4n) is 2.66. The van der Waals surface area contributed by atoms with Crippen LogP contribution < -0.4 is 14.9 Å². The van der Waals surface area contributed by atoms with Gasteiger partial charge in [0, 0.05) is 16.7 Å². The first-order valence-electron chi connectivity index (χ1n) is 9.50. The Balaban J connectivity index is 2.16. The van der Waals surface area contributed by atoms with Gasteiger partial charge in [0.25, 0.3) is 0 Å². The molecule has 0 aliphatic carbocycles. The smallest absolute Gasteiger partial charge is 0.315 e. The summed E-state index contributed by atoms with van der Waals surface area (Å²) in [4.78, 5) is 11.1. The van der Waals surface area contributed by atoms with E-state index in [1.807, 2.05) is 19.1 Å². The van der Waals surface area contributed by atoms with Crippen LogP contribution in [0.2, 0.25) is 5.02 Å². The summed E-state index contributed by atoms with van der Waals surface area (Å²) in [5.41, 5.74) is 4.90. The molecule has 0 aromatic heterocycles. The Morgan fingerprint density at radius 2 is 2.03 bits per heavy atom. The Kier molecular flexibility index (Phi) is 8.73. The molecule has 0 heterocycles. The zero-order valence-electron chi connectivity index (χ0n) is 16.9. The van der Waals surface area contributed by atoms with Gasteiger partial charge in [-0.2, -0.15) is 5.10 Å². The van der Waals surface area contributed by atoms with Crippen molar-refractivity contribution in [2.45, 2.75) is 39.5 Å². The second-order valence-corrected chi connectivity index (χ2v) is 6.98. The average molecular weight is 420 g/mol. The van der Waals surface area contributed by atoms with Crippen LogP contribution in [0.5, 0.6) is 11.5 Å². The summed E-state index contributed by atoms with van der Waals surface area (Å²) in [5, 5.41) is 16.3. The first-order valence-corrected chi connectivity index (χ1v) is 9.88. The lowest BCUT2D eigenvalue weighted by atomic mass is 10.1. The van der Waals surface area contributed by atoms with Crippen LogP contribution in [-0.2, 0) is 0 Å². The van der Waals surface area contributed by atoms with Crippen LogP contribution >= 0.6 is 11.6 Å². The molecule has 156 valence electrons. The van der Waals surface area contributed by atoms with Crippen molar-refractivity contribution < 1.29 is 14.4 Å². The van der Waals surface area contributed by atoms with Gasteiger partial charge in [-0.25, -0.2) is 0 Å². The van der Waals surface area contributed by atoms with Gasteiger partial charge >= 0.3 is 5.69 Å². The van der Waals surface area contributed by atoms with Gasteiger partial charge in [-0.1, -0.05) is 43.9 Å². The molecule has 0 amide bonds. The van der Waals surface area contributed by atoms with E-state index in [2.05, 4.69) is 17.5 Å². The molecule has 2 aromatic carbocycles. The fraction of sp³-hybridized carbons (Fsp3) is 0.381. The number of unbranched alkanes of at least 4 members (excludes halogenated alkanes) is 3. The monoisotopic (exact) mass is 419 g/mol. The summed E-state index contributed by atoms with van der Waals surface area (Å²) in [7, 11) is 1.45. The Labute approximate surface area is 175 Å². The lowest BCUT2D eigenvalue weighted by Crippen LogP contribution is -2.04. The summed E-state index contributed by atoms with van der Waals surface area (Å²) in [5.74, 6) is 0.443. The zero-order chi connectivity index (χ0) is 21.2. The number of ether oxygens (including phenoxy) is 2. The summed E-state index contributed by atoms with van der Waals surface area (Å²) < 4.78 is 11.0. The normalized spacial score (nSPS) is 10.9. The number of methoxy groups -OCH3 is 1. The van der Waals surface area contributed by atoms with E-state index in [4.69, 9.17) is 21.1 Å². The van der Waals surface area contributed by atoms with E-state index >= 15 is 0 Å². The van der Waals surface area contributed by atoms with Gasteiger partial charge in [-0.15, -0.1) is 0 Å². The fourth-order valence-corrected chi connectivity index (χ4v) is 2.84. The van der Waals surface area contributed by atoms with Crippen molar-refractivity contribution in [2.75, 3.05) is 19.1 Å². The minimum Gasteiger partial charge on any atom is -0.493 e. The Bertz CT molecular complexity index is 871. The summed E-state index contributed by atoms with van der Waals surface area (Å²) >= 11 is 6.09. The predicted molar refractivity (Wildman–Crippen MR) is 117 cm³/mol. The number of anilines is 1. The summed E-state index contributed by atoms with van der Waals surface area (Å²) in [6.45, 7) is 4.44. The van der Waals surface area contributed by atoms with E-state index < -0.39 is 4.92 Å². The number of nitrogens with zero attached hydrogens (tertiary/aromatic N) is 2. The highest BCUT2D eigenvalue weighted by molar-refractivity contribution is 6.31. The number of hydrogen-bond acceptors (Lipinski definition) is 6. The molecule has 0 spiro atoms. The molecule has 0 unspecified atom stereocenters. The Morgan fingerprint density at radius 1 is 1.24 bits per heavy atom. The Hall–Kier alpha value is -2.80. The molecular formula is C21H26ClN3O4. The molecule has 0 aliphatic heterocycles. The van der Waals surface area contributed by atoms with Crippen LogP contribution in [0.3, 0.4) is 0 Å². The number of aryl methyl sites for hydroxylation is 1. The van der Waals surface area contributed by atoms with Crippen molar-refractivity contribution in [3.05, 3.63) is 56.6 Å². The zero-order valence-corrected chi connectivity index (χ0v) is 17.7. The maximum atomic E-state index is 11.5. The topological polar surface area (TPSA) is 86.0 Å². The first kappa shape index (κ1) is 22.5. The number of nitro benzene ring substituents is 1. The maximum Gasteiger partial charge on any atom is 0.315 e. The van der Waals surface area contributed by atoms with Gasteiger partial charge in [0.15, 0.2) is 5.75 Å². The number of nitro groups is 1. The van der Waals surface area contributed by atoms with Crippen LogP contribution in [-0.4, -0.2) is 24.9 Å². The number of halogens is 1. The molecule has 2 aromatic rings. The minimum absolute atomic E-state index is 0.143. The van der Waals surface area contributed by atoms with Crippen molar-refractivity contribution in [1.82, 2.24) is 0 Å². The van der Waals surface area contributed by atoms with Gasteiger partial charge in [0.05, 0.1) is 30.5 Å². The first-order chi connectivity index (χ1) is 14.0. The van der Waals surface area contributed by atoms with E-state index in [0.717, 1.165) is 31.2 Å². The van der Waals surface area contributed by atoms with Crippen LogP contribution in [0.15, 0.2) is 35.4 Å². The molecule has 0 radical (unpaired) electrons. The van der Waals surface area contributed by atoms with E-state index in [1.165, 1.54) is 19.4 Å². The highest BCUT2D eigenvalue weighted by atomic mass is 35.5. The van der Waals surface area contributed by atoms with Crippen LogP contribution in [0.1, 0.15) is 43.7 Å². The van der Waals surface area contributed by atoms with Gasteiger partial charge < -0.3 is 9.47 Å². The van der Waals surface area contributed by atoms with Crippen LogP contribution in [0, 0.1) is 17.0 Å². The van der Waals surface area contributed by atoms with E-state index in [0.29, 0.717) is 28.6 Å². The molecule has 2 rings (SSSR count). The third-order valence-corrected chi connectivity index (χ3v) is 4.70. The molecular weight excluding hydrogens is 394 g/mol. The van der Waals surface area contributed by atoms with E-state index in [1.54, 1.807) is 12.1 Å². The molecule has 0 bridgehead atoms. The van der Waals surface area contributed by atoms with Gasteiger partial charge in [-0.3, -0.25) is 15.5 Å². The standard InChI is InChI=1S/C21H26ClN3O4/c1-4-5-6-7-10-29-21-19(25(26)27)11-16(12-20(21)28-3)14-23-24-17-9-8-15(2)18(22)13-17/h8-9,11-14,24H,4-7,10H2,1-3H3/b23-14+. The number of nitrogens with one attached hydrogen (secondary N) is 1. The molecule has 0 aliphatic rings. The second-order valence-electron chi connectivity index (χ2n) is 6.57. The van der Waals surface area contributed by atoms with E-state index in [9.17, 15) is 10.1 Å². The van der Waals surface area contributed by atoms with Crippen LogP contribution in [0.25, 0.3) is 0 Å². The van der Waals surface area contributed by atoms with Gasteiger partial charge in [-0.05, 0) is 37.1 Å². The summed E-state index contributed by atoms with van der Waals surface area (Å²) in [6.07, 6.45) is 5.55. The minimum atomic E-state index is -0.478. The number of rotatable bonds is 11. The predicted octanol–water partition coefficient (Wildman–Crippen LogP) is 5.97. The maximum absolute atomic E-state index is 11.5. The second kappa shape index (κ2) is 11.3. The van der Waals surface area contributed by atoms with Gasteiger partial charge in [0.1, 0.15) is 0 Å². The van der Waals surface area contributed by atoms with Crippen molar-refractivity contribution in [1.29, 1.82) is 0 Å². The molecule has 0 fully saturated rings. The molecule has 0 saturated heterocycles. The largest absolute Gasteiger partial charge is 0.493 e. The number of hydrazone groups is 1. The number of hydrogen-bond donors (Lipinski definition) is 1. The Morgan fingerprint density at radius 3 is 2.69 bits per heavy atom. The average Bonchev–Trinajstić information content (AvgIpc) is 2.70.